The molecule has 0 atom stereocenters. The summed E-state index contributed by atoms with van der Waals surface area (Å²) in [7, 11) is -5.70. The van der Waals surface area contributed by atoms with E-state index in [0.717, 1.165) is 28.7 Å². The molecule has 1 aromatic carbocycles. The second kappa shape index (κ2) is 13.3. The van der Waals surface area contributed by atoms with E-state index in [-0.39, 0.29) is 23.4 Å². The zero-order chi connectivity index (χ0) is 31.5. The molecule has 10 heteroatoms. The number of benzene rings is 1. The Balaban J connectivity index is 1.56. The van der Waals surface area contributed by atoms with Gasteiger partial charge in [0.25, 0.3) is 0 Å². The van der Waals surface area contributed by atoms with Crippen molar-refractivity contribution in [2.24, 2.45) is 0 Å². The maximum Gasteiger partial charge on any atom is 0.232 e. The molecule has 0 unspecified atom stereocenters. The Labute approximate surface area is 256 Å². The first-order valence-corrected chi connectivity index (χ1v) is 19.0. The highest BCUT2D eigenvalue weighted by atomic mass is 32.2. The van der Waals surface area contributed by atoms with Gasteiger partial charge in [0, 0.05) is 41.7 Å². The molecule has 4 aromatic rings. The number of hydrogen-bond donors (Lipinski definition) is 1. The van der Waals surface area contributed by atoms with Crippen LogP contribution in [-0.2, 0) is 29.3 Å². The standard InChI is InChI=1S/C33H44F2N4O2SSi/c1-8-18-42(40,41)38-31-16-15-30(34)29(32(31)35)14-13-27-12-11-25(20-37-27)19-26-21-39(33-28(26)10-9-17-36-33)43(22(2)3,23(4)5)24(6)7/h9-12,15-17,20-24,38H,8,13-14,18-19H2,1-7H3. The van der Waals surface area contributed by atoms with Gasteiger partial charge in [-0.05, 0) is 77.3 Å². The summed E-state index contributed by atoms with van der Waals surface area (Å²) in [5.74, 6) is -1.73. The molecule has 0 fully saturated rings. The van der Waals surface area contributed by atoms with Crippen LogP contribution in [0.25, 0.3) is 11.0 Å². The van der Waals surface area contributed by atoms with Crippen LogP contribution in [0.3, 0.4) is 0 Å². The number of fused-ring (bicyclic) bond motifs is 1. The van der Waals surface area contributed by atoms with Crippen molar-refractivity contribution < 1.29 is 17.2 Å². The van der Waals surface area contributed by atoms with E-state index in [0.29, 0.717) is 41.6 Å². The fourth-order valence-electron chi connectivity index (χ4n) is 6.97. The lowest BCUT2D eigenvalue weighted by molar-refractivity contribution is 0.555. The van der Waals surface area contributed by atoms with E-state index in [2.05, 4.69) is 67.7 Å². The Kier molecular flexibility index (Phi) is 10.1. The highest BCUT2D eigenvalue weighted by Gasteiger charge is 2.46. The number of aromatic nitrogens is 3. The van der Waals surface area contributed by atoms with Crippen LogP contribution in [-0.4, -0.2) is 36.6 Å². The summed E-state index contributed by atoms with van der Waals surface area (Å²) in [5, 5.41) is 1.16. The molecule has 1 N–H and O–H groups in total. The second-order valence-corrected chi connectivity index (χ2v) is 20.0. The number of hydrogen-bond acceptors (Lipinski definition) is 4. The maximum absolute atomic E-state index is 15.1. The first-order chi connectivity index (χ1) is 20.3. The summed E-state index contributed by atoms with van der Waals surface area (Å²) in [6.07, 6.45) is 7.49. The predicted molar refractivity (Wildman–Crippen MR) is 175 cm³/mol. The number of rotatable bonds is 13. The van der Waals surface area contributed by atoms with E-state index in [1.165, 1.54) is 5.56 Å². The summed E-state index contributed by atoms with van der Waals surface area (Å²) in [6.45, 7) is 15.8. The molecular formula is C33H44F2N4O2SSi. The molecule has 0 amide bonds. The molecule has 3 aromatic heterocycles. The summed E-state index contributed by atoms with van der Waals surface area (Å²) >= 11 is 0. The summed E-state index contributed by atoms with van der Waals surface area (Å²) in [4.78, 5) is 9.46. The van der Waals surface area contributed by atoms with Crippen LogP contribution >= 0.6 is 0 Å². The van der Waals surface area contributed by atoms with Crippen molar-refractivity contribution in [1.29, 1.82) is 0 Å². The van der Waals surface area contributed by atoms with Gasteiger partial charge in [-0.3, -0.25) is 9.71 Å². The monoisotopic (exact) mass is 626 g/mol. The van der Waals surface area contributed by atoms with Gasteiger partial charge in [-0.25, -0.2) is 22.2 Å². The summed E-state index contributed by atoms with van der Waals surface area (Å²) < 4.78 is 58.6. The van der Waals surface area contributed by atoms with Crippen molar-refractivity contribution in [2.45, 2.75) is 90.8 Å². The normalized spacial score (nSPS) is 12.7. The van der Waals surface area contributed by atoms with E-state index in [1.807, 2.05) is 30.6 Å². The van der Waals surface area contributed by atoms with E-state index in [9.17, 15) is 12.8 Å². The van der Waals surface area contributed by atoms with E-state index >= 15 is 4.39 Å². The first-order valence-electron chi connectivity index (χ1n) is 15.2. The van der Waals surface area contributed by atoms with Crippen LogP contribution in [0.15, 0.2) is 55.0 Å². The van der Waals surface area contributed by atoms with Gasteiger partial charge in [0.2, 0.25) is 10.0 Å². The van der Waals surface area contributed by atoms with Crippen LogP contribution in [0.1, 0.15) is 77.3 Å². The smallest absolute Gasteiger partial charge is 0.232 e. The Morgan fingerprint density at radius 3 is 2.23 bits per heavy atom. The molecule has 0 bridgehead atoms. The van der Waals surface area contributed by atoms with Crippen LogP contribution in [0.4, 0.5) is 14.5 Å². The molecular weight excluding hydrogens is 583 g/mol. The predicted octanol–water partition coefficient (Wildman–Crippen LogP) is 8.26. The number of nitrogens with zero attached hydrogens (tertiary/aromatic N) is 3. The van der Waals surface area contributed by atoms with Crippen molar-refractivity contribution in [3.63, 3.8) is 0 Å². The fourth-order valence-corrected chi connectivity index (χ4v) is 14.7. The second-order valence-electron chi connectivity index (χ2n) is 12.4. The lowest BCUT2D eigenvalue weighted by atomic mass is 10.0. The average molecular weight is 627 g/mol. The van der Waals surface area contributed by atoms with Gasteiger partial charge in [-0.15, -0.1) is 0 Å². The third-order valence-electron chi connectivity index (χ3n) is 8.67. The molecule has 0 aliphatic heterocycles. The molecule has 0 spiro atoms. The van der Waals surface area contributed by atoms with E-state index in [1.54, 1.807) is 6.92 Å². The molecule has 0 aliphatic rings. The summed E-state index contributed by atoms with van der Waals surface area (Å²) in [6, 6.07) is 10.3. The average Bonchev–Trinajstić information content (AvgIpc) is 3.29. The lowest BCUT2D eigenvalue weighted by Gasteiger charge is -2.44. The Morgan fingerprint density at radius 1 is 0.930 bits per heavy atom. The largest absolute Gasteiger partial charge is 0.358 e. The molecule has 0 aliphatic carbocycles. The lowest BCUT2D eigenvalue weighted by Crippen LogP contribution is -2.51. The Morgan fingerprint density at radius 2 is 1.63 bits per heavy atom. The van der Waals surface area contributed by atoms with Crippen LogP contribution in [0.5, 0.6) is 0 Å². The Hall–Kier alpha value is -3.11. The molecule has 3 heterocycles. The van der Waals surface area contributed by atoms with Gasteiger partial charge in [0.15, 0.2) is 14.1 Å². The number of pyridine rings is 2. The minimum Gasteiger partial charge on any atom is -0.358 e. The molecule has 0 saturated heterocycles. The number of halogens is 2. The fraction of sp³-hybridized carbons (Fsp3) is 0.455. The van der Waals surface area contributed by atoms with Crippen molar-refractivity contribution >= 4 is 35.0 Å². The molecule has 232 valence electrons. The number of anilines is 1. The van der Waals surface area contributed by atoms with Crippen molar-refractivity contribution in [3.05, 3.63) is 89.0 Å². The van der Waals surface area contributed by atoms with Crippen LogP contribution < -0.4 is 4.72 Å². The van der Waals surface area contributed by atoms with Gasteiger partial charge >= 0.3 is 0 Å². The maximum atomic E-state index is 15.1. The molecule has 0 radical (unpaired) electrons. The van der Waals surface area contributed by atoms with E-state index in [4.69, 9.17) is 4.98 Å². The van der Waals surface area contributed by atoms with Crippen molar-refractivity contribution in [3.8, 4) is 0 Å². The van der Waals surface area contributed by atoms with Crippen molar-refractivity contribution in [2.75, 3.05) is 10.5 Å². The number of sulfonamides is 1. The number of nitrogens with one attached hydrogen (secondary N) is 1. The molecule has 43 heavy (non-hydrogen) atoms. The van der Waals surface area contributed by atoms with Gasteiger partial charge in [-0.1, -0.05) is 54.5 Å². The molecule has 6 nitrogen and oxygen atoms in total. The molecule has 4 rings (SSSR count). The zero-order valence-electron chi connectivity index (χ0n) is 26.3. The van der Waals surface area contributed by atoms with Gasteiger partial charge in [-0.2, -0.15) is 0 Å². The number of aryl methyl sites for hydroxylation is 1. The minimum atomic E-state index is -3.70. The quantitative estimate of drug-likeness (QED) is 0.152. The summed E-state index contributed by atoms with van der Waals surface area (Å²) in [5.41, 5.74) is 5.22. The van der Waals surface area contributed by atoms with Gasteiger partial charge < -0.3 is 4.23 Å². The third kappa shape index (κ3) is 6.70. The van der Waals surface area contributed by atoms with Crippen LogP contribution in [0, 0.1) is 11.6 Å². The Bertz CT molecular complexity index is 1650. The SMILES string of the molecule is CCCS(=O)(=O)Nc1ccc(F)c(CCc2ccc(Cc3cn([Si](C(C)C)(C(C)C)C(C)C)c4ncccc34)cn2)c1F. The minimum absolute atomic E-state index is 0.0544. The van der Waals surface area contributed by atoms with Gasteiger partial charge in [0.05, 0.1) is 11.4 Å². The van der Waals surface area contributed by atoms with Crippen molar-refractivity contribution in [1.82, 2.24) is 14.2 Å². The highest BCUT2D eigenvalue weighted by molar-refractivity contribution is 7.92. The first kappa shape index (κ1) is 32.8. The highest BCUT2D eigenvalue weighted by Crippen LogP contribution is 2.44. The zero-order valence-corrected chi connectivity index (χ0v) is 28.1. The van der Waals surface area contributed by atoms with Crippen LogP contribution in [0.2, 0.25) is 16.6 Å². The van der Waals surface area contributed by atoms with E-state index < -0.39 is 29.9 Å². The topological polar surface area (TPSA) is 76.9 Å². The third-order valence-corrected chi connectivity index (χ3v) is 16.9. The molecule has 0 saturated carbocycles. The van der Waals surface area contributed by atoms with Gasteiger partial charge in [0.1, 0.15) is 11.5 Å².